The van der Waals surface area contributed by atoms with Gasteiger partial charge in [-0.3, -0.25) is 0 Å². The Kier molecular flexibility index (Phi) is 3.29. The van der Waals surface area contributed by atoms with Gasteiger partial charge in [0.15, 0.2) is 0 Å². The van der Waals surface area contributed by atoms with E-state index in [9.17, 15) is 26.3 Å². The summed E-state index contributed by atoms with van der Waals surface area (Å²) in [6, 6.07) is 1.42. The Morgan fingerprint density at radius 3 is 1.81 bits per heavy atom. The predicted molar refractivity (Wildman–Crippen MR) is 48.9 cm³/mol. The molecule has 0 amide bonds. The van der Waals surface area contributed by atoms with Crippen molar-refractivity contribution in [3.05, 3.63) is 33.3 Å². The van der Waals surface area contributed by atoms with Gasteiger partial charge in [0.05, 0.1) is 11.1 Å². The Bertz CT molecular complexity index is 404. The maximum atomic E-state index is 12.5. The molecule has 1 aromatic carbocycles. The van der Waals surface area contributed by atoms with Crippen molar-refractivity contribution in [2.45, 2.75) is 19.3 Å². The lowest BCUT2D eigenvalue weighted by molar-refractivity contribution is -0.162. The van der Waals surface area contributed by atoms with Crippen LogP contribution in [0.3, 0.4) is 0 Å². The average Bonchev–Trinajstić information content (AvgIpc) is 1.97. The first-order valence-corrected chi connectivity index (χ1v) is 4.77. The number of aryl methyl sites for hydroxylation is 1. The zero-order valence-corrected chi connectivity index (χ0v) is 9.39. The van der Waals surface area contributed by atoms with Crippen LogP contribution in [0.1, 0.15) is 16.7 Å². The van der Waals surface area contributed by atoms with Crippen LogP contribution in [-0.2, 0) is 12.4 Å². The predicted octanol–water partition coefficient (Wildman–Crippen LogP) is 4.80. The van der Waals surface area contributed by atoms with Crippen LogP contribution < -0.4 is 0 Å². The molecule has 0 atom stereocenters. The topological polar surface area (TPSA) is 0 Å². The van der Waals surface area contributed by atoms with Crippen LogP contribution in [0.4, 0.5) is 26.3 Å². The summed E-state index contributed by atoms with van der Waals surface area (Å²) < 4.78 is 74.6. The van der Waals surface area contributed by atoms with Gasteiger partial charge in [-0.2, -0.15) is 26.3 Å². The molecule has 0 aromatic heterocycles. The minimum atomic E-state index is -5.03. The van der Waals surface area contributed by atoms with E-state index >= 15 is 0 Å². The average molecular weight is 307 g/mol. The second kappa shape index (κ2) is 3.94. The molecule has 0 saturated carbocycles. The molecule has 0 N–H and O–H groups in total. The number of benzene rings is 1. The van der Waals surface area contributed by atoms with Crippen molar-refractivity contribution in [1.29, 1.82) is 0 Å². The molecule has 0 saturated heterocycles. The van der Waals surface area contributed by atoms with E-state index in [1.807, 2.05) is 0 Å². The Morgan fingerprint density at radius 2 is 1.44 bits per heavy atom. The van der Waals surface area contributed by atoms with E-state index in [-0.39, 0.29) is 4.47 Å². The van der Waals surface area contributed by atoms with E-state index in [0.29, 0.717) is 6.07 Å². The van der Waals surface area contributed by atoms with E-state index < -0.39 is 29.0 Å². The summed E-state index contributed by atoms with van der Waals surface area (Å²) >= 11 is 2.74. The van der Waals surface area contributed by atoms with Crippen molar-refractivity contribution < 1.29 is 26.3 Å². The van der Waals surface area contributed by atoms with Crippen molar-refractivity contribution in [1.82, 2.24) is 0 Å². The molecule has 0 aliphatic heterocycles. The van der Waals surface area contributed by atoms with Crippen LogP contribution >= 0.6 is 15.9 Å². The zero-order chi connectivity index (χ0) is 12.7. The SMILES string of the molecule is Cc1cc(Br)cc(C(F)(F)F)c1C(F)(F)F. The smallest absolute Gasteiger partial charge is 0.166 e. The highest BCUT2D eigenvalue weighted by Gasteiger charge is 2.44. The fourth-order valence-corrected chi connectivity index (χ4v) is 1.92. The summed E-state index contributed by atoms with van der Waals surface area (Å²) in [5.41, 5.74) is -3.77. The van der Waals surface area contributed by atoms with Crippen molar-refractivity contribution >= 4 is 15.9 Å². The van der Waals surface area contributed by atoms with Crippen LogP contribution in [0.2, 0.25) is 0 Å². The van der Waals surface area contributed by atoms with E-state index in [0.717, 1.165) is 13.0 Å². The molecule has 1 aromatic rings. The largest absolute Gasteiger partial charge is 0.417 e. The van der Waals surface area contributed by atoms with Crippen LogP contribution in [0.5, 0.6) is 0 Å². The van der Waals surface area contributed by atoms with Gasteiger partial charge in [0.1, 0.15) is 0 Å². The van der Waals surface area contributed by atoms with Gasteiger partial charge in [0, 0.05) is 4.47 Å². The summed E-state index contributed by atoms with van der Waals surface area (Å²) in [4.78, 5) is 0. The molecule has 0 aliphatic carbocycles. The monoisotopic (exact) mass is 306 g/mol. The molecule has 0 fully saturated rings. The third-order valence-corrected chi connectivity index (χ3v) is 2.35. The highest BCUT2D eigenvalue weighted by molar-refractivity contribution is 9.10. The summed E-state index contributed by atoms with van der Waals surface area (Å²) in [5, 5.41) is 0. The molecule has 0 unspecified atom stereocenters. The number of hydrogen-bond donors (Lipinski definition) is 0. The lowest BCUT2D eigenvalue weighted by Crippen LogP contribution is -2.18. The molecule has 0 heterocycles. The van der Waals surface area contributed by atoms with E-state index in [4.69, 9.17) is 0 Å². The summed E-state index contributed by atoms with van der Waals surface area (Å²) in [6.45, 7) is 0.989. The first-order valence-electron chi connectivity index (χ1n) is 3.98. The Morgan fingerprint density at radius 1 is 0.938 bits per heavy atom. The Hall–Kier alpha value is -0.720. The van der Waals surface area contributed by atoms with Gasteiger partial charge >= 0.3 is 12.4 Å². The number of rotatable bonds is 0. The molecular formula is C9H5BrF6. The molecule has 0 nitrogen and oxygen atoms in total. The van der Waals surface area contributed by atoms with Crippen LogP contribution in [-0.4, -0.2) is 0 Å². The van der Waals surface area contributed by atoms with Crippen LogP contribution in [0, 0.1) is 6.92 Å². The molecule has 0 bridgehead atoms. The van der Waals surface area contributed by atoms with Gasteiger partial charge in [-0.05, 0) is 24.6 Å². The fourth-order valence-electron chi connectivity index (χ4n) is 1.34. The molecule has 90 valence electrons. The van der Waals surface area contributed by atoms with E-state index in [1.165, 1.54) is 0 Å². The standard InChI is InChI=1S/C9H5BrF6/c1-4-2-5(10)3-6(8(11,12)13)7(4)9(14,15)16/h2-3H,1H3. The first-order chi connectivity index (χ1) is 7.03. The maximum Gasteiger partial charge on any atom is 0.417 e. The Labute approximate surface area is 95.4 Å². The van der Waals surface area contributed by atoms with Gasteiger partial charge in [-0.15, -0.1) is 0 Å². The second-order valence-electron chi connectivity index (χ2n) is 3.14. The van der Waals surface area contributed by atoms with Crippen molar-refractivity contribution in [2.24, 2.45) is 0 Å². The normalized spacial score (nSPS) is 13.0. The van der Waals surface area contributed by atoms with Gasteiger partial charge in [0.2, 0.25) is 0 Å². The Balaban J connectivity index is 3.58. The zero-order valence-electron chi connectivity index (χ0n) is 7.80. The first kappa shape index (κ1) is 13.3. The second-order valence-corrected chi connectivity index (χ2v) is 4.06. The number of alkyl halides is 6. The summed E-state index contributed by atoms with van der Waals surface area (Å²) in [5.74, 6) is 0. The number of hydrogen-bond acceptors (Lipinski definition) is 0. The van der Waals surface area contributed by atoms with Crippen molar-refractivity contribution in [3.8, 4) is 0 Å². The third-order valence-electron chi connectivity index (χ3n) is 1.89. The highest BCUT2D eigenvalue weighted by Crippen LogP contribution is 2.43. The molecule has 1 rings (SSSR count). The van der Waals surface area contributed by atoms with Crippen molar-refractivity contribution in [2.75, 3.05) is 0 Å². The van der Waals surface area contributed by atoms with Gasteiger partial charge in [0.25, 0.3) is 0 Å². The number of halogens is 7. The van der Waals surface area contributed by atoms with E-state index in [1.54, 1.807) is 0 Å². The molecule has 16 heavy (non-hydrogen) atoms. The van der Waals surface area contributed by atoms with Gasteiger partial charge in [-0.25, -0.2) is 0 Å². The maximum absolute atomic E-state index is 12.5. The van der Waals surface area contributed by atoms with Gasteiger partial charge in [-0.1, -0.05) is 15.9 Å². The third kappa shape index (κ3) is 2.69. The lowest BCUT2D eigenvalue weighted by atomic mass is 10.0. The fraction of sp³-hybridized carbons (Fsp3) is 0.333. The molecule has 0 aliphatic rings. The van der Waals surface area contributed by atoms with Crippen LogP contribution in [0.15, 0.2) is 16.6 Å². The molecule has 7 heteroatoms. The van der Waals surface area contributed by atoms with Crippen LogP contribution in [0.25, 0.3) is 0 Å². The quantitative estimate of drug-likeness (QED) is 0.604. The molecule has 0 spiro atoms. The lowest BCUT2D eigenvalue weighted by Gasteiger charge is -2.18. The minimum Gasteiger partial charge on any atom is -0.166 e. The molecular weight excluding hydrogens is 302 g/mol. The van der Waals surface area contributed by atoms with Crippen molar-refractivity contribution in [3.63, 3.8) is 0 Å². The summed E-state index contributed by atoms with van der Waals surface area (Å²) in [6.07, 6.45) is -10.0. The summed E-state index contributed by atoms with van der Waals surface area (Å²) in [7, 11) is 0. The molecule has 0 radical (unpaired) electrons. The minimum absolute atomic E-state index is 0.0367. The highest BCUT2D eigenvalue weighted by atomic mass is 79.9. The van der Waals surface area contributed by atoms with E-state index in [2.05, 4.69) is 15.9 Å². The van der Waals surface area contributed by atoms with Gasteiger partial charge < -0.3 is 0 Å².